The van der Waals surface area contributed by atoms with Gasteiger partial charge in [0, 0.05) is 11.4 Å². The van der Waals surface area contributed by atoms with Gasteiger partial charge in [-0.1, -0.05) is 179 Å². The van der Waals surface area contributed by atoms with Gasteiger partial charge in [0.2, 0.25) is 0 Å². The van der Waals surface area contributed by atoms with Gasteiger partial charge >= 0.3 is 0 Å². The number of unbranched alkanes of at least 4 members (excludes halogenated alkanes) is 22. The summed E-state index contributed by atoms with van der Waals surface area (Å²) in [5.74, 6) is 0. The maximum absolute atomic E-state index is 3.59. The Morgan fingerprint density at radius 3 is 0.829 bits per heavy atom. The molecule has 0 aliphatic heterocycles. The van der Waals surface area contributed by atoms with Crippen molar-refractivity contribution in [1.82, 2.24) is 0 Å². The van der Waals surface area contributed by atoms with Gasteiger partial charge in [0.05, 0.1) is 0 Å². The molecule has 0 aromatic heterocycles. The quantitative estimate of drug-likeness (QED) is 0.102. The number of hydrogen-bond donors (Lipinski definition) is 1. The molecule has 0 amide bonds. The van der Waals surface area contributed by atoms with E-state index in [0.29, 0.717) is 0 Å². The molecular weight excluding hydrogens is 494 g/mol. The van der Waals surface area contributed by atoms with Gasteiger partial charge in [-0.25, -0.2) is 0 Å². The van der Waals surface area contributed by atoms with Gasteiger partial charge in [-0.2, -0.15) is 0 Å². The predicted octanol–water partition coefficient (Wildman–Crippen LogP) is 13.9. The molecule has 0 fully saturated rings. The molecule has 2 rings (SSSR count). The van der Waals surface area contributed by atoms with Crippen LogP contribution < -0.4 is 5.32 Å². The van der Waals surface area contributed by atoms with Gasteiger partial charge in [-0.05, 0) is 61.1 Å². The smallest absolute Gasteiger partial charge is 0.0384 e. The molecular formula is C40H67N. The molecule has 2 aromatic rings. The highest BCUT2D eigenvalue weighted by atomic mass is 14.9. The Balaban J connectivity index is 1.46. The molecule has 0 heterocycles. The SMILES string of the molecule is CCCCCCCCCCCCCCc1ccc(Nc2ccc(CCCCCCCCCCCCCC)cc2)cc1. The molecule has 0 unspecified atom stereocenters. The van der Waals surface area contributed by atoms with Gasteiger partial charge in [-0.3, -0.25) is 0 Å². The third-order valence-corrected chi connectivity index (χ3v) is 8.83. The molecule has 0 saturated heterocycles. The fraction of sp³-hybridized carbons (Fsp3) is 0.700. The van der Waals surface area contributed by atoms with Gasteiger partial charge in [-0.15, -0.1) is 0 Å². The van der Waals surface area contributed by atoms with Gasteiger partial charge in [0.25, 0.3) is 0 Å². The number of aryl methyl sites for hydroxylation is 2. The van der Waals surface area contributed by atoms with Crippen LogP contribution in [0.2, 0.25) is 0 Å². The summed E-state index contributed by atoms with van der Waals surface area (Å²) in [7, 11) is 0. The molecule has 2 aromatic carbocycles. The second-order valence-corrected chi connectivity index (χ2v) is 12.8. The van der Waals surface area contributed by atoms with Crippen LogP contribution in [-0.4, -0.2) is 0 Å². The van der Waals surface area contributed by atoms with Crippen molar-refractivity contribution in [3.8, 4) is 0 Å². The van der Waals surface area contributed by atoms with Crippen molar-refractivity contribution < 1.29 is 0 Å². The predicted molar refractivity (Wildman–Crippen MR) is 186 cm³/mol. The van der Waals surface area contributed by atoms with Crippen molar-refractivity contribution in [2.24, 2.45) is 0 Å². The molecule has 41 heavy (non-hydrogen) atoms. The van der Waals surface area contributed by atoms with E-state index in [9.17, 15) is 0 Å². The van der Waals surface area contributed by atoms with Crippen LogP contribution in [0.4, 0.5) is 11.4 Å². The zero-order valence-electron chi connectivity index (χ0n) is 27.5. The Hall–Kier alpha value is -1.76. The molecule has 0 saturated carbocycles. The summed E-state index contributed by atoms with van der Waals surface area (Å²) >= 11 is 0. The summed E-state index contributed by atoms with van der Waals surface area (Å²) < 4.78 is 0. The van der Waals surface area contributed by atoms with E-state index >= 15 is 0 Å². The van der Waals surface area contributed by atoms with Crippen molar-refractivity contribution >= 4 is 11.4 Å². The average molecular weight is 562 g/mol. The Labute approximate surface area is 256 Å². The Bertz CT molecular complexity index is 736. The van der Waals surface area contributed by atoms with Crippen LogP contribution in [-0.2, 0) is 12.8 Å². The summed E-state index contributed by atoms with van der Waals surface area (Å²) in [6.07, 6.45) is 36.4. The van der Waals surface area contributed by atoms with Crippen LogP contribution in [0.1, 0.15) is 179 Å². The van der Waals surface area contributed by atoms with Crippen molar-refractivity contribution in [2.75, 3.05) is 5.32 Å². The highest BCUT2D eigenvalue weighted by Gasteiger charge is 2.00. The fourth-order valence-electron chi connectivity index (χ4n) is 6.02. The highest BCUT2D eigenvalue weighted by molar-refractivity contribution is 5.60. The third kappa shape index (κ3) is 19.9. The van der Waals surface area contributed by atoms with Crippen LogP contribution in [0.5, 0.6) is 0 Å². The molecule has 1 N–H and O–H groups in total. The molecule has 0 aliphatic carbocycles. The lowest BCUT2D eigenvalue weighted by Gasteiger charge is -2.09. The van der Waals surface area contributed by atoms with Crippen LogP contribution in [0, 0.1) is 0 Å². The zero-order valence-corrected chi connectivity index (χ0v) is 27.5. The van der Waals surface area contributed by atoms with Crippen molar-refractivity contribution in [2.45, 2.75) is 181 Å². The van der Waals surface area contributed by atoms with E-state index in [1.54, 1.807) is 0 Å². The minimum atomic E-state index is 1.19. The molecule has 1 nitrogen and oxygen atoms in total. The Kier molecular flexibility index (Phi) is 22.4. The third-order valence-electron chi connectivity index (χ3n) is 8.83. The van der Waals surface area contributed by atoms with Gasteiger partial charge in [0.1, 0.15) is 0 Å². The normalized spacial score (nSPS) is 11.3. The first-order chi connectivity index (χ1) is 20.3. The number of benzene rings is 2. The van der Waals surface area contributed by atoms with Gasteiger partial charge < -0.3 is 5.32 Å². The molecule has 232 valence electrons. The largest absolute Gasteiger partial charge is 0.356 e. The molecule has 0 spiro atoms. The average Bonchev–Trinajstić information content (AvgIpc) is 3.00. The number of anilines is 2. The molecule has 0 atom stereocenters. The van der Waals surface area contributed by atoms with Crippen LogP contribution in [0.25, 0.3) is 0 Å². The van der Waals surface area contributed by atoms with Crippen molar-refractivity contribution in [3.63, 3.8) is 0 Å². The van der Waals surface area contributed by atoms with Crippen LogP contribution >= 0.6 is 0 Å². The van der Waals surface area contributed by atoms with E-state index < -0.39 is 0 Å². The summed E-state index contributed by atoms with van der Waals surface area (Å²) in [5, 5.41) is 3.59. The lowest BCUT2D eigenvalue weighted by Crippen LogP contribution is -1.93. The molecule has 0 aliphatic rings. The molecule has 1 heteroatoms. The first-order valence-electron chi connectivity index (χ1n) is 18.3. The monoisotopic (exact) mass is 562 g/mol. The van der Waals surface area contributed by atoms with Gasteiger partial charge in [0.15, 0.2) is 0 Å². The second-order valence-electron chi connectivity index (χ2n) is 12.8. The van der Waals surface area contributed by atoms with E-state index in [1.165, 1.54) is 189 Å². The standard InChI is InChI=1S/C40H67N/c1-3-5-7-9-11-13-15-17-19-21-23-25-27-37-29-33-39(34-30-37)41-40-35-31-38(32-36-40)28-26-24-22-20-18-16-14-12-10-8-6-4-2/h29-36,41H,3-28H2,1-2H3. The number of rotatable bonds is 28. The summed E-state index contributed by atoms with van der Waals surface area (Å²) in [4.78, 5) is 0. The van der Waals surface area contributed by atoms with E-state index in [1.807, 2.05) is 0 Å². The summed E-state index contributed by atoms with van der Waals surface area (Å²) in [6.45, 7) is 4.60. The maximum atomic E-state index is 3.59. The minimum Gasteiger partial charge on any atom is -0.356 e. The number of hydrogen-bond acceptors (Lipinski definition) is 1. The fourth-order valence-corrected chi connectivity index (χ4v) is 6.02. The Morgan fingerprint density at radius 1 is 0.317 bits per heavy atom. The maximum Gasteiger partial charge on any atom is 0.0384 e. The molecule has 0 radical (unpaired) electrons. The first-order valence-corrected chi connectivity index (χ1v) is 18.3. The lowest BCUT2D eigenvalue weighted by atomic mass is 10.0. The van der Waals surface area contributed by atoms with E-state index in [0.717, 1.165) is 0 Å². The summed E-state index contributed by atoms with van der Waals surface area (Å²) in [5.41, 5.74) is 5.33. The minimum absolute atomic E-state index is 1.19. The first kappa shape index (κ1) is 35.4. The zero-order chi connectivity index (χ0) is 29.1. The lowest BCUT2D eigenvalue weighted by molar-refractivity contribution is 0.544. The van der Waals surface area contributed by atoms with E-state index in [2.05, 4.69) is 67.7 Å². The topological polar surface area (TPSA) is 12.0 Å². The molecule has 0 bridgehead atoms. The van der Waals surface area contributed by atoms with Crippen molar-refractivity contribution in [3.05, 3.63) is 59.7 Å². The van der Waals surface area contributed by atoms with E-state index in [4.69, 9.17) is 0 Å². The number of nitrogens with one attached hydrogen (secondary N) is 1. The Morgan fingerprint density at radius 2 is 0.561 bits per heavy atom. The van der Waals surface area contributed by atoms with Crippen LogP contribution in [0.3, 0.4) is 0 Å². The van der Waals surface area contributed by atoms with Crippen molar-refractivity contribution in [1.29, 1.82) is 0 Å². The highest BCUT2D eigenvalue weighted by Crippen LogP contribution is 2.20. The second kappa shape index (κ2) is 25.9. The summed E-state index contributed by atoms with van der Waals surface area (Å²) in [6, 6.07) is 18.2. The van der Waals surface area contributed by atoms with Crippen LogP contribution in [0.15, 0.2) is 48.5 Å². The van der Waals surface area contributed by atoms with E-state index in [-0.39, 0.29) is 0 Å².